The fraction of sp³-hybridized carbons (Fsp3) is 0.875. The van der Waals surface area contributed by atoms with Crippen LogP contribution in [-0.4, -0.2) is 47.8 Å². The highest BCUT2D eigenvalue weighted by atomic mass is 16.2. The number of hydrogen-bond donors (Lipinski definition) is 0. The van der Waals surface area contributed by atoms with Crippen molar-refractivity contribution in [2.75, 3.05) is 26.2 Å². The zero-order chi connectivity index (χ0) is 15.4. The molecule has 0 aromatic rings. The molecular formula is C16H32N2O2. The van der Waals surface area contributed by atoms with Crippen LogP contribution in [-0.2, 0) is 9.59 Å². The third kappa shape index (κ3) is 8.18. The molecule has 118 valence electrons. The molecule has 0 spiro atoms. The monoisotopic (exact) mass is 284 g/mol. The fourth-order valence-electron chi connectivity index (χ4n) is 2.42. The lowest BCUT2D eigenvalue weighted by Gasteiger charge is -2.24. The molecule has 0 bridgehead atoms. The molecule has 0 atom stereocenters. The minimum atomic E-state index is 0.231. The SMILES string of the molecule is CC.CC(=O)N1CCCCC1.CC(=O)N1CCCCC1. The van der Waals surface area contributed by atoms with Crippen molar-refractivity contribution in [2.45, 2.75) is 66.2 Å². The molecule has 2 aliphatic heterocycles. The van der Waals surface area contributed by atoms with Crippen LogP contribution in [0.1, 0.15) is 66.2 Å². The lowest BCUT2D eigenvalue weighted by molar-refractivity contribution is -0.130. The number of hydrogen-bond acceptors (Lipinski definition) is 2. The van der Waals surface area contributed by atoms with Gasteiger partial charge in [-0.3, -0.25) is 9.59 Å². The molecule has 0 aromatic heterocycles. The summed E-state index contributed by atoms with van der Waals surface area (Å²) < 4.78 is 0. The van der Waals surface area contributed by atoms with E-state index in [1.54, 1.807) is 13.8 Å². The molecule has 2 fully saturated rings. The van der Waals surface area contributed by atoms with Crippen molar-refractivity contribution in [3.8, 4) is 0 Å². The molecule has 0 aromatic carbocycles. The number of amides is 2. The number of likely N-dealkylation sites (tertiary alicyclic amines) is 2. The summed E-state index contributed by atoms with van der Waals surface area (Å²) in [7, 11) is 0. The molecule has 2 amide bonds. The van der Waals surface area contributed by atoms with Crippen LogP contribution in [0.3, 0.4) is 0 Å². The highest BCUT2D eigenvalue weighted by Gasteiger charge is 2.11. The van der Waals surface area contributed by atoms with Crippen LogP contribution in [0.15, 0.2) is 0 Å². The van der Waals surface area contributed by atoms with Gasteiger partial charge in [-0.1, -0.05) is 13.8 Å². The molecule has 4 nitrogen and oxygen atoms in total. The van der Waals surface area contributed by atoms with Crippen LogP contribution < -0.4 is 0 Å². The van der Waals surface area contributed by atoms with Gasteiger partial charge in [0.15, 0.2) is 0 Å². The van der Waals surface area contributed by atoms with Crippen LogP contribution in [0, 0.1) is 0 Å². The van der Waals surface area contributed by atoms with E-state index in [-0.39, 0.29) is 11.8 Å². The van der Waals surface area contributed by atoms with Gasteiger partial charge in [0.2, 0.25) is 11.8 Å². The number of carbonyl (C=O) groups excluding carboxylic acids is 2. The Hall–Kier alpha value is -1.06. The van der Waals surface area contributed by atoms with Gasteiger partial charge in [-0.15, -0.1) is 0 Å². The predicted molar refractivity (Wildman–Crippen MR) is 83.6 cm³/mol. The third-order valence-corrected chi connectivity index (χ3v) is 3.60. The van der Waals surface area contributed by atoms with Gasteiger partial charge in [0.05, 0.1) is 0 Å². The van der Waals surface area contributed by atoms with Crippen LogP contribution in [0.25, 0.3) is 0 Å². The van der Waals surface area contributed by atoms with E-state index >= 15 is 0 Å². The van der Waals surface area contributed by atoms with Crippen molar-refractivity contribution in [2.24, 2.45) is 0 Å². The van der Waals surface area contributed by atoms with E-state index in [0.29, 0.717) is 0 Å². The number of carbonyl (C=O) groups is 2. The van der Waals surface area contributed by atoms with E-state index < -0.39 is 0 Å². The Morgan fingerprint density at radius 3 is 1.00 bits per heavy atom. The number of nitrogens with zero attached hydrogens (tertiary/aromatic N) is 2. The molecule has 0 N–H and O–H groups in total. The van der Waals surface area contributed by atoms with Crippen LogP contribution in [0.5, 0.6) is 0 Å². The summed E-state index contributed by atoms with van der Waals surface area (Å²) in [6.07, 6.45) is 7.37. The van der Waals surface area contributed by atoms with Crippen LogP contribution in [0.2, 0.25) is 0 Å². The Balaban J connectivity index is 0.000000321. The van der Waals surface area contributed by atoms with E-state index in [2.05, 4.69) is 0 Å². The summed E-state index contributed by atoms with van der Waals surface area (Å²) >= 11 is 0. The molecule has 2 aliphatic rings. The Bertz CT molecular complexity index is 240. The van der Waals surface area contributed by atoms with Crippen molar-refractivity contribution in [1.29, 1.82) is 0 Å². The average molecular weight is 284 g/mol. The Kier molecular flexibility index (Phi) is 11.1. The van der Waals surface area contributed by atoms with Gasteiger partial charge in [0, 0.05) is 40.0 Å². The quantitative estimate of drug-likeness (QED) is 0.686. The summed E-state index contributed by atoms with van der Waals surface area (Å²) in [5.74, 6) is 0.462. The van der Waals surface area contributed by atoms with Gasteiger partial charge < -0.3 is 9.80 Å². The smallest absolute Gasteiger partial charge is 0.219 e. The van der Waals surface area contributed by atoms with E-state index in [1.807, 2.05) is 23.6 Å². The van der Waals surface area contributed by atoms with Crippen molar-refractivity contribution in [3.05, 3.63) is 0 Å². The Morgan fingerprint density at radius 1 is 0.600 bits per heavy atom. The normalized spacial score (nSPS) is 18.2. The summed E-state index contributed by atoms with van der Waals surface area (Å²) in [6.45, 7) is 11.2. The maximum absolute atomic E-state index is 10.7. The van der Waals surface area contributed by atoms with Crippen LogP contribution in [0.4, 0.5) is 0 Å². The zero-order valence-corrected chi connectivity index (χ0v) is 13.8. The zero-order valence-electron chi connectivity index (χ0n) is 13.8. The number of rotatable bonds is 0. The van der Waals surface area contributed by atoms with Gasteiger partial charge >= 0.3 is 0 Å². The minimum Gasteiger partial charge on any atom is -0.343 e. The second-order valence-electron chi connectivity index (χ2n) is 5.13. The van der Waals surface area contributed by atoms with Crippen molar-refractivity contribution in [1.82, 2.24) is 9.80 Å². The average Bonchev–Trinajstić information content (AvgIpc) is 2.51. The third-order valence-electron chi connectivity index (χ3n) is 3.60. The summed E-state index contributed by atoms with van der Waals surface area (Å²) in [5, 5.41) is 0. The molecule has 4 heteroatoms. The topological polar surface area (TPSA) is 40.6 Å². The van der Waals surface area contributed by atoms with Gasteiger partial charge in [0.1, 0.15) is 0 Å². The first-order valence-electron chi connectivity index (χ1n) is 8.12. The summed E-state index contributed by atoms with van der Waals surface area (Å²) in [6, 6.07) is 0. The van der Waals surface area contributed by atoms with Gasteiger partial charge in [-0.2, -0.15) is 0 Å². The maximum atomic E-state index is 10.7. The first-order chi connectivity index (χ1) is 9.61. The van der Waals surface area contributed by atoms with Crippen molar-refractivity contribution < 1.29 is 9.59 Å². The molecular weight excluding hydrogens is 252 g/mol. The molecule has 20 heavy (non-hydrogen) atoms. The van der Waals surface area contributed by atoms with E-state index in [1.165, 1.54) is 38.5 Å². The molecule has 0 radical (unpaired) electrons. The lowest BCUT2D eigenvalue weighted by atomic mass is 10.1. The van der Waals surface area contributed by atoms with Crippen LogP contribution >= 0.6 is 0 Å². The van der Waals surface area contributed by atoms with E-state index in [9.17, 15) is 9.59 Å². The lowest BCUT2D eigenvalue weighted by Crippen LogP contribution is -2.33. The van der Waals surface area contributed by atoms with E-state index in [4.69, 9.17) is 0 Å². The number of piperidine rings is 2. The first-order valence-corrected chi connectivity index (χ1v) is 8.12. The molecule has 0 aliphatic carbocycles. The van der Waals surface area contributed by atoms with Crippen molar-refractivity contribution in [3.63, 3.8) is 0 Å². The highest BCUT2D eigenvalue weighted by molar-refractivity contribution is 5.73. The molecule has 2 saturated heterocycles. The van der Waals surface area contributed by atoms with E-state index in [0.717, 1.165) is 26.2 Å². The first kappa shape index (κ1) is 18.9. The van der Waals surface area contributed by atoms with Gasteiger partial charge in [-0.05, 0) is 38.5 Å². The molecule has 2 heterocycles. The summed E-state index contributed by atoms with van der Waals surface area (Å²) in [5.41, 5.74) is 0. The van der Waals surface area contributed by atoms with Gasteiger partial charge in [0.25, 0.3) is 0 Å². The molecule has 0 saturated carbocycles. The second kappa shape index (κ2) is 11.7. The Labute approximate surface area is 124 Å². The molecule has 0 unspecified atom stereocenters. The standard InChI is InChI=1S/2C7H13NO.C2H6/c2*1-7(9)8-5-3-2-4-6-8;1-2/h2*2-6H2,1H3;1-2H3. The van der Waals surface area contributed by atoms with Gasteiger partial charge in [-0.25, -0.2) is 0 Å². The van der Waals surface area contributed by atoms with Crippen molar-refractivity contribution >= 4 is 11.8 Å². The largest absolute Gasteiger partial charge is 0.343 e. The molecule has 2 rings (SSSR count). The Morgan fingerprint density at radius 2 is 0.850 bits per heavy atom. The second-order valence-corrected chi connectivity index (χ2v) is 5.13. The fourth-order valence-corrected chi connectivity index (χ4v) is 2.42. The highest BCUT2D eigenvalue weighted by Crippen LogP contribution is 2.08. The summed E-state index contributed by atoms with van der Waals surface area (Å²) in [4.78, 5) is 25.3. The maximum Gasteiger partial charge on any atom is 0.219 e. The minimum absolute atomic E-state index is 0.231. The predicted octanol–water partition coefficient (Wildman–Crippen LogP) is 3.06.